The number of nitrogens with zero attached hydrogens (tertiary/aromatic N) is 1. The number of unbranched alkanes of at least 4 members (excludes halogenated alkanes) is 12. The molecule has 0 bridgehead atoms. The van der Waals surface area contributed by atoms with Crippen LogP contribution in [0.2, 0.25) is 0 Å². The molecular weight excluding hydrogens is 418 g/mol. The van der Waals surface area contributed by atoms with Crippen LogP contribution in [0, 0.1) is 0 Å². The van der Waals surface area contributed by atoms with Crippen LogP contribution in [-0.2, 0) is 10.1 Å². The van der Waals surface area contributed by atoms with Gasteiger partial charge in [0.2, 0.25) is 0 Å². The van der Waals surface area contributed by atoms with Crippen molar-refractivity contribution in [3.05, 3.63) is 36.8 Å². The normalized spacial score (nSPS) is 13.2. The molecule has 0 rings (SSSR count). The molecule has 0 aliphatic heterocycles. The van der Waals surface area contributed by atoms with Gasteiger partial charge in [-0.1, -0.05) is 78.6 Å². The summed E-state index contributed by atoms with van der Waals surface area (Å²) < 4.78 is 32.3. The van der Waals surface area contributed by atoms with Crippen molar-refractivity contribution in [2.45, 2.75) is 124 Å². The third-order valence-corrected chi connectivity index (χ3v) is 6.57. The van der Waals surface area contributed by atoms with E-state index in [4.69, 9.17) is 0 Å². The first-order valence-electron chi connectivity index (χ1n) is 13.2. The Bertz CT molecular complexity index is 553. The third-order valence-electron chi connectivity index (χ3n) is 5.77. The minimum atomic E-state index is -3.94. The molecule has 0 aromatic rings. The SMILES string of the molecule is CCCCCC/C=C/[N+](/C=C/CCCCCC)(/C=C/CCCCCC)CCCS(=O)(=O)O. The van der Waals surface area contributed by atoms with Crippen molar-refractivity contribution in [1.82, 2.24) is 0 Å². The number of allylic oxidation sites excluding steroid dienone is 3. The Morgan fingerprint density at radius 2 is 0.969 bits per heavy atom. The molecule has 0 amide bonds. The number of rotatable bonds is 22. The molecule has 0 heterocycles. The predicted octanol–water partition coefficient (Wildman–Crippen LogP) is 8.53. The van der Waals surface area contributed by atoms with Gasteiger partial charge in [0, 0.05) is 6.42 Å². The Hall–Kier alpha value is -0.910. The summed E-state index contributed by atoms with van der Waals surface area (Å²) >= 11 is 0. The van der Waals surface area contributed by atoms with Crippen LogP contribution in [0.3, 0.4) is 0 Å². The second-order valence-electron chi connectivity index (χ2n) is 9.06. The molecule has 0 saturated heterocycles. The summed E-state index contributed by atoms with van der Waals surface area (Å²) in [7, 11) is -3.94. The van der Waals surface area contributed by atoms with Gasteiger partial charge in [0.1, 0.15) is 18.6 Å². The van der Waals surface area contributed by atoms with E-state index in [2.05, 4.69) is 57.6 Å². The van der Waals surface area contributed by atoms with Crippen LogP contribution < -0.4 is 0 Å². The fourth-order valence-electron chi connectivity index (χ4n) is 3.77. The maximum absolute atomic E-state index is 11.3. The highest BCUT2D eigenvalue weighted by molar-refractivity contribution is 7.85. The number of hydrogen-bond acceptors (Lipinski definition) is 2. The standard InChI is InChI=1S/C27H51NO3S/c1-4-7-10-13-16-19-23-28(26-22-27-32(29,30)31,24-20-17-14-11-8-5-2)25-21-18-15-12-9-6-3/h19-21,23-25H,4-18,22,26-27H2,1-3H3/p+1/b23-19+,24-20+,25-21+. The van der Waals surface area contributed by atoms with Gasteiger partial charge in [-0.3, -0.25) is 4.55 Å². The van der Waals surface area contributed by atoms with Crippen molar-refractivity contribution in [2.75, 3.05) is 12.3 Å². The predicted molar refractivity (Wildman–Crippen MR) is 140 cm³/mol. The van der Waals surface area contributed by atoms with E-state index in [1.807, 2.05) is 0 Å². The molecule has 0 aliphatic carbocycles. The smallest absolute Gasteiger partial charge is 0.265 e. The molecule has 0 radical (unpaired) electrons. The second kappa shape index (κ2) is 20.7. The lowest BCUT2D eigenvalue weighted by Crippen LogP contribution is -2.33. The van der Waals surface area contributed by atoms with Gasteiger partial charge in [0.15, 0.2) is 0 Å². The molecule has 0 saturated carbocycles. The zero-order chi connectivity index (χ0) is 24.0. The topological polar surface area (TPSA) is 54.4 Å². The average molecular weight is 471 g/mol. The monoisotopic (exact) mass is 470 g/mol. The molecular formula is C27H52NO3S+. The van der Waals surface area contributed by atoms with Gasteiger partial charge in [0.25, 0.3) is 10.1 Å². The third kappa shape index (κ3) is 19.8. The Kier molecular flexibility index (Phi) is 20.1. The zero-order valence-corrected chi connectivity index (χ0v) is 22.1. The van der Waals surface area contributed by atoms with Crippen molar-refractivity contribution in [3.63, 3.8) is 0 Å². The van der Waals surface area contributed by atoms with Crippen LogP contribution in [-0.4, -0.2) is 29.8 Å². The molecule has 32 heavy (non-hydrogen) atoms. The molecule has 188 valence electrons. The highest BCUT2D eigenvalue weighted by Gasteiger charge is 2.20. The quantitative estimate of drug-likeness (QED) is 0.0979. The summed E-state index contributed by atoms with van der Waals surface area (Å²) in [5.74, 6) is -0.188. The first kappa shape index (κ1) is 31.1. The van der Waals surface area contributed by atoms with Gasteiger partial charge in [-0.15, -0.1) is 0 Å². The van der Waals surface area contributed by atoms with Gasteiger partial charge in [-0.25, -0.2) is 4.48 Å². The van der Waals surface area contributed by atoms with Crippen molar-refractivity contribution >= 4 is 10.1 Å². The summed E-state index contributed by atoms with van der Waals surface area (Å²) in [6.07, 6.45) is 31.9. The van der Waals surface area contributed by atoms with Crippen LogP contribution in [0.15, 0.2) is 36.8 Å². The van der Waals surface area contributed by atoms with E-state index in [9.17, 15) is 13.0 Å². The molecule has 0 unspecified atom stereocenters. The fourth-order valence-corrected chi connectivity index (χ4v) is 4.27. The van der Waals surface area contributed by atoms with E-state index in [-0.39, 0.29) is 5.75 Å². The lowest BCUT2D eigenvalue weighted by atomic mass is 10.1. The Morgan fingerprint density at radius 3 is 1.28 bits per heavy atom. The fraction of sp³-hybridized carbons (Fsp3) is 0.778. The van der Waals surface area contributed by atoms with E-state index >= 15 is 0 Å². The van der Waals surface area contributed by atoms with Crippen LogP contribution in [0.4, 0.5) is 0 Å². The van der Waals surface area contributed by atoms with Crippen molar-refractivity contribution in [3.8, 4) is 0 Å². The van der Waals surface area contributed by atoms with Crippen LogP contribution >= 0.6 is 0 Å². The second-order valence-corrected chi connectivity index (χ2v) is 10.6. The van der Waals surface area contributed by atoms with Gasteiger partial charge in [0.05, 0.1) is 12.3 Å². The van der Waals surface area contributed by atoms with Crippen LogP contribution in [0.1, 0.15) is 124 Å². The molecule has 0 fully saturated rings. The maximum atomic E-state index is 11.3. The first-order valence-corrected chi connectivity index (χ1v) is 14.9. The minimum absolute atomic E-state index is 0.188. The largest absolute Gasteiger partial charge is 0.286 e. The van der Waals surface area contributed by atoms with Crippen molar-refractivity contribution in [1.29, 1.82) is 0 Å². The van der Waals surface area contributed by atoms with E-state index in [1.165, 1.54) is 77.0 Å². The van der Waals surface area contributed by atoms with Crippen LogP contribution in [0.5, 0.6) is 0 Å². The van der Waals surface area contributed by atoms with Crippen LogP contribution in [0.25, 0.3) is 0 Å². The minimum Gasteiger partial charge on any atom is -0.286 e. The number of hydrogen-bond donors (Lipinski definition) is 1. The molecule has 1 N–H and O–H groups in total. The Balaban J connectivity index is 5.29. The molecule has 5 heteroatoms. The summed E-state index contributed by atoms with van der Waals surface area (Å²) in [4.78, 5) is 0. The highest BCUT2D eigenvalue weighted by Crippen LogP contribution is 2.18. The van der Waals surface area contributed by atoms with Gasteiger partial charge in [-0.2, -0.15) is 8.42 Å². The summed E-state index contributed by atoms with van der Waals surface area (Å²) in [5, 5.41) is 0. The Morgan fingerprint density at radius 1 is 0.594 bits per heavy atom. The maximum Gasteiger partial charge on any atom is 0.265 e. The van der Waals surface area contributed by atoms with E-state index in [1.54, 1.807) is 0 Å². The zero-order valence-electron chi connectivity index (χ0n) is 21.3. The van der Waals surface area contributed by atoms with E-state index < -0.39 is 10.1 Å². The van der Waals surface area contributed by atoms with Gasteiger partial charge in [-0.05, 0) is 56.8 Å². The van der Waals surface area contributed by atoms with Gasteiger partial charge >= 0.3 is 0 Å². The van der Waals surface area contributed by atoms with Crippen molar-refractivity contribution in [2.24, 2.45) is 0 Å². The lowest BCUT2D eigenvalue weighted by molar-refractivity contribution is -0.773. The summed E-state index contributed by atoms with van der Waals surface area (Å²) in [5.41, 5.74) is 0. The first-order chi connectivity index (χ1) is 15.4. The van der Waals surface area contributed by atoms with E-state index in [0.717, 1.165) is 19.3 Å². The van der Waals surface area contributed by atoms with E-state index in [0.29, 0.717) is 17.4 Å². The average Bonchev–Trinajstić information content (AvgIpc) is 2.74. The Labute approximate surface area is 200 Å². The summed E-state index contributed by atoms with van der Waals surface area (Å²) in [6.45, 7) is 7.32. The molecule has 0 aromatic heterocycles. The molecule has 0 aromatic carbocycles. The summed E-state index contributed by atoms with van der Waals surface area (Å²) in [6, 6.07) is 0. The molecule has 0 spiro atoms. The molecule has 0 aliphatic rings. The van der Waals surface area contributed by atoms with Gasteiger partial charge < -0.3 is 0 Å². The highest BCUT2D eigenvalue weighted by atomic mass is 32.2. The van der Waals surface area contributed by atoms with Crippen molar-refractivity contribution < 1.29 is 17.5 Å². The molecule has 0 atom stereocenters. The lowest BCUT2D eigenvalue weighted by Gasteiger charge is -2.27. The number of quaternary nitrogens is 1. The molecule has 4 nitrogen and oxygen atoms in total.